The van der Waals surface area contributed by atoms with Gasteiger partial charge in [0.05, 0.1) is 12.7 Å². The van der Waals surface area contributed by atoms with Crippen molar-refractivity contribution in [3.05, 3.63) is 12.2 Å². The van der Waals surface area contributed by atoms with Crippen molar-refractivity contribution in [3.8, 4) is 0 Å². The Bertz CT molecular complexity index is 429. The van der Waals surface area contributed by atoms with Gasteiger partial charge in [-0.05, 0) is 61.2 Å². The highest BCUT2D eigenvalue weighted by atomic mass is 16.7. The molecule has 0 radical (unpaired) electrons. The molecule has 22 heavy (non-hydrogen) atoms. The molecule has 4 aliphatic carbocycles. The Kier molecular flexibility index (Phi) is 4.11. The molecule has 1 saturated heterocycles. The third-order valence-corrected chi connectivity index (χ3v) is 7.02. The van der Waals surface area contributed by atoms with E-state index < -0.39 is 0 Å². The van der Waals surface area contributed by atoms with E-state index in [0.717, 1.165) is 36.2 Å². The molecule has 124 valence electrons. The fourth-order valence-electron chi connectivity index (χ4n) is 5.67. The van der Waals surface area contributed by atoms with Gasteiger partial charge in [-0.25, -0.2) is 0 Å². The molecule has 2 heteroatoms. The molecule has 2 saturated carbocycles. The summed E-state index contributed by atoms with van der Waals surface area (Å²) in [7, 11) is 0. The van der Waals surface area contributed by atoms with Gasteiger partial charge in [-0.3, -0.25) is 0 Å². The van der Waals surface area contributed by atoms with Gasteiger partial charge < -0.3 is 9.47 Å². The first-order valence-electron chi connectivity index (χ1n) is 9.59. The van der Waals surface area contributed by atoms with Crippen LogP contribution in [0.15, 0.2) is 12.2 Å². The van der Waals surface area contributed by atoms with Crippen LogP contribution in [0.25, 0.3) is 0 Å². The molecule has 0 amide bonds. The largest absolute Gasteiger partial charge is 0.352 e. The van der Waals surface area contributed by atoms with Crippen molar-refractivity contribution in [1.82, 2.24) is 0 Å². The summed E-state index contributed by atoms with van der Waals surface area (Å²) in [5, 5.41) is 0. The summed E-state index contributed by atoms with van der Waals surface area (Å²) in [6.07, 6.45) is 12.0. The predicted molar refractivity (Wildman–Crippen MR) is 88.3 cm³/mol. The fourth-order valence-corrected chi connectivity index (χ4v) is 5.67. The average Bonchev–Trinajstić information content (AvgIpc) is 2.94. The highest BCUT2D eigenvalue weighted by Crippen LogP contribution is 2.51. The van der Waals surface area contributed by atoms with E-state index in [1.165, 1.54) is 32.1 Å². The molecular weight excluding hydrogens is 272 g/mol. The zero-order valence-corrected chi connectivity index (χ0v) is 14.4. The average molecular weight is 304 g/mol. The third kappa shape index (κ3) is 2.57. The van der Waals surface area contributed by atoms with Crippen molar-refractivity contribution in [3.63, 3.8) is 0 Å². The maximum atomic E-state index is 6.66. The molecular formula is C20H32O2. The molecule has 5 aliphatic rings. The van der Waals surface area contributed by atoms with E-state index >= 15 is 0 Å². The number of hydrogen-bond acceptors (Lipinski definition) is 2. The molecule has 2 nitrogen and oxygen atoms in total. The van der Waals surface area contributed by atoms with Crippen molar-refractivity contribution in [2.45, 2.75) is 65.3 Å². The van der Waals surface area contributed by atoms with Gasteiger partial charge in [0.15, 0.2) is 6.29 Å². The van der Waals surface area contributed by atoms with Gasteiger partial charge >= 0.3 is 0 Å². The number of rotatable bonds is 3. The van der Waals surface area contributed by atoms with Gasteiger partial charge in [-0.1, -0.05) is 39.3 Å². The SMILES string of the molecule is CC(C)[C@@H]1CC[C@@H](C)C[C@H]1O[C@H]1OC[C@H]2[C@@H]1[C@H]1C=C[C@@H]2CC1. The van der Waals surface area contributed by atoms with Gasteiger partial charge in [0.1, 0.15) is 0 Å². The third-order valence-electron chi connectivity index (χ3n) is 7.02. The van der Waals surface area contributed by atoms with E-state index in [0.29, 0.717) is 17.9 Å². The minimum atomic E-state index is 0.0688. The smallest absolute Gasteiger partial charge is 0.161 e. The first-order chi connectivity index (χ1) is 10.6. The summed E-state index contributed by atoms with van der Waals surface area (Å²) in [6, 6.07) is 0. The van der Waals surface area contributed by atoms with E-state index in [2.05, 4.69) is 32.9 Å². The van der Waals surface area contributed by atoms with Crippen molar-refractivity contribution in [1.29, 1.82) is 0 Å². The monoisotopic (exact) mass is 304 g/mol. The Balaban J connectivity index is 1.47. The molecule has 0 spiro atoms. The van der Waals surface area contributed by atoms with Crippen LogP contribution in [0.3, 0.4) is 0 Å². The van der Waals surface area contributed by atoms with E-state index in [9.17, 15) is 0 Å². The van der Waals surface area contributed by atoms with Crippen LogP contribution in [0.2, 0.25) is 0 Å². The van der Waals surface area contributed by atoms with Gasteiger partial charge in [0.25, 0.3) is 0 Å². The van der Waals surface area contributed by atoms with Crippen LogP contribution in [-0.2, 0) is 9.47 Å². The lowest BCUT2D eigenvalue weighted by Gasteiger charge is -2.44. The van der Waals surface area contributed by atoms with Crippen molar-refractivity contribution in [2.24, 2.45) is 41.4 Å². The Labute approximate surface area is 135 Å². The van der Waals surface area contributed by atoms with Crippen LogP contribution in [0.5, 0.6) is 0 Å². The summed E-state index contributed by atoms with van der Waals surface area (Å²) < 4.78 is 12.8. The topological polar surface area (TPSA) is 18.5 Å². The molecule has 0 aromatic rings. The summed E-state index contributed by atoms with van der Waals surface area (Å²) in [5.74, 6) is 5.07. The number of hydrogen-bond donors (Lipinski definition) is 0. The highest BCUT2D eigenvalue weighted by molar-refractivity contribution is 5.11. The quantitative estimate of drug-likeness (QED) is 0.707. The van der Waals surface area contributed by atoms with Gasteiger partial charge in [0, 0.05) is 5.92 Å². The lowest BCUT2D eigenvalue weighted by atomic mass is 9.63. The highest BCUT2D eigenvalue weighted by Gasteiger charge is 2.50. The molecule has 8 atom stereocenters. The second-order valence-corrected chi connectivity index (χ2v) is 8.73. The maximum absolute atomic E-state index is 6.66. The second kappa shape index (κ2) is 5.94. The van der Waals surface area contributed by atoms with E-state index in [4.69, 9.17) is 9.47 Å². The Morgan fingerprint density at radius 3 is 2.55 bits per heavy atom. The van der Waals surface area contributed by atoms with Crippen LogP contribution < -0.4 is 0 Å². The first kappa shape index (κ1) is 15.2. The van der Waals surface area contributed by atoms with E-state index in [1.54, 1.807) is 0 Å². The van der Waals surface area contributed by atoms with Crippen LogP contribution in [0.1, 0.15) is 52.9 Å². The number of allylic oxidation sites excluding steroid dienone is 2. The molecule has 3 fully saturated rings. The zero-order chi connectivity index (χ0) is 15.3. The van der Waals surface area contributed by atoms with Crippen molar-refractivity contribution < 1.29 is 9.47 Å². The first-order valence-corrected chi connectivity index (χ1v) is 9.59. The lowest BCUT2D eigenvalue weighted by Crippen LogP contribution is -2.43. The summed E-state index contributed by atoms with van der Waals surface area (Å²) in [6.45, 7) is 8.03. The van der Waals surface area contributed by atoms with Gasteiger partial charge in [-0.15, -0.1) is 0 Å². The minimum absolute atomic E-state index is 0.0688. The number of fused-ring (bicyclic) bond motifs is 1. The molecule has 2 bridgehead atoms. The zero-order valence-electron chi connectivity index (χ0n) is 14.4. The van der Waals surface area contributed by atoms with Crippen molar-refractivity contribution >= 4 is 0 Å². The minimum Gasteiger partial charge on any atom is -0.352 e. The second-order valence-electron chi connectivity index (χ2n) is 8.73. The Morgan fingerprint density at radius 2 is 1.82 bits per heavy atom. The van der Waals surface area contributed by atoms with E-state index in [1.807, 2.05) is 0 Å². The van der Waals surface area contributed by atoms with Crippen LogP contribution >= 0.6 is 0 Å². The molecule has 0 aromatic carbocycles. The normalized spacial score (nSPS) is 50.5. The van der Waals surface area contributed by atoms with Crippen LogP contribution in [0.4, 0.5) is 0 Å². The van der Waals surface area contributed by atoms with E-state index in [-0.39, 0.29) is 6.29 Å². The number of ether oxygens (including phenoxy) is 2. The molecule has 1 heterocycles. The standard InChI is InChI=1S/C20H32O2/c1-12(2)16-9-4-13(3)10-18(16)22-20-19-15-7-5-14(6-8-15)17(19)11-21-20/h5,7,12-20H,4,6,8-11H2,1-3H3/t13-,14-,15+,16+,17-,18-,19+,20-/m1/s1. The fraction of sp³-hybridized carbons (Fsp3) is 0.900. The molecule has 1 aliphatic heterocycles. The van der Waals surface area contributed by atoms with Crippen LogP contribution in [0, 0.1) is 41.4 Å². The lowest BCUT2D eigenvalue weighted by molar-refractivity contribution is -0.195. The Morgan fingerprint density at radius 1 is 1.05 bits per heavy atom. The van der Waals surface area contributed by atoms with Gasteiger partial charge in [0.2, 0.25) is 0 Å². The van der Waals surface area contributed by atoms with Gasteiger partial charge in [-0.2, -0.15) is 0 Å². The van der Waals surface area contributed by atoms with Crippen LogP contribution in [-0.4, -0.2) is 19.0 Å². The summed E-state index contributed by atoms with van der Waals surface area (Å²) in [4.78, 5) is 0. The van der Waals surface area contributed by atoms with Crippen molar-refractivity contribution in [2.75, 3.05) is 6.61 Å². The molecule has 0 unspecified atom stereocenters. The molecule has 0 N–H and O–H groups in total. The Hall–Kier alpha value is -0.340. The molecule has 5 rings (SSSR count). The maximum Gasteiger partial charge on any atom is 0.161 e. The molecule has 0 aromatic heterocycles. The summed E-state index contributed by atoms with van der Waals surface area (Å²) >= 11 is 0. The summed E-state index contributed by atoms with van der Waals surface area (Å²) in [5.41, 5.74) is 0. The predicted octanol–water partition coefficient (Wildman–Crippen LogP) is 4.65.